The second kappa shape index (κ2) is 8.59. The lowest BCUT2D eigenvalue weighted by molar-refractivity contribution is 0.0212. The predicted molar refractivity (Wildman–Crippen MR) is 128 cm³/mol. The topological polar surface area (TPSA) is 87.6 Å². The summed E-state index contributed by atoms with van der Waals surface area (Å²) in [4.78, 5) is 13.2. The minimum absolute atomic E-state index is 0.0460. The van der Waals surface area contributed by atoms with E-state index in [9.17, 15) is 9.50 Å². The SMILES string of the molecule is C=C(O)[C@H]1C2CCC(CC2)[C@@H]1Cc1nc(-c2[nH]nc3ncc(F)cc23)nc(SC(C)(C)C)c1F. The number of aliphatic hydroxyl groups excluding tert-OH is 1. The molecule has 0 unspecified atom stereocenters. The second-order valence-electron chi connectivity index (χ2n) is 10.5. The molecule has 3 aliphatic carbocycles. The number of aromatic amines is 1. The quantitative estimate of drug-likeness (QED) is 0.252. The van der Waals surface area contributed by atoms with E-state index in [0.29, 0.717) is 40.7 Å². The number of H-pyrrole nitrogens is 1. The van der Waals surface area contributed by atoms with Gasteiger partial charge in [0.2, 0.25) is 0 Å². The van der Waals surface area contributed by atoms with Gasteiger partial charge in [-0.2, -0.15) is 5.10 Å². The second-order valence-corrected chi connectivity index (χ2v) is 12.3. The van der Waals surface area contributed by atoms with Crippen LogP contribution in [0.3, 0.4) is 0 Å². The van der Waals surface area contributed by atoms with Crippen molar-refractivity contribution in [2.75, 3.05) is 0 Å². The number of hydrogen-bond donors (Lipinski definition) is 2. The summed E-state index contributed by atoms with van der Waals surface area (Å²) in [7, 11) is 0. The Hall–Kier alpha value is -2.55. The van der Waals surface area contributed by atoms with Gasteiger partial charge >= 0.3 is 0 Å². The molecule has 6 nitrogen and oxygen atoms in total. The Morgan fingerprint density at radius 1 is 1.18 bits per heavy atom. The number of nitrogens with one attached hydrogen (secondary N) is 1. The summed E-state index contributed by atoms with van der Waals surface area (Å²) in [5, 5.41) is 18.1. The van der Waals surface area contributed by atoms with Crippen LogP contribution in [0.2, 0.25) is 0 Å². The van der Waals surface area contributed by atoms with Crippen LogP contribution < -0.4 is 0 Å². The monoisotopic (exact) mass is 485 g/mol. The van der Waals surface area contributed by atoms with Crippen molar-refractivity contribution in [1.82, 2.24) is 25.1 Å². The number of hydrogen-bond acceptors (Lipinski definition) is 6. The molecule has 3 aliphatic rings. The van der Waals surface area contributed by atoms with Crippen LogP contribution in [0.25, 0.3) is 22.6 Å². The smallest absolute Gasteiger partial charge is 0.181 e. The van der Waals surface area contributed by atoms with E-state index in [0.717, 1.165) is 31.9 Å². The molecule has 0 radical (unpaired) electrons. The number of thioether (sulfide) groups is 1. The number of allylic oxidation sites excluding steroid dienone is 1. The lowest BCUT2D eigenvalue weighted by Gasteiger charge is -2.48. The van der Waals surface area contributed by atoms with E-state index in [1.54, 1.807) is 0 Å². The molecule has 0 aromatic carbocycles. The minimum Gasteiger partial charge on any atom is -0.513 e. The van der Waals surface area contributed by atoms with E-state index in [1.165, 1.54) is 17.8 Å². The van der Waals surface area contributed by atoms with Crippen LogP contribution >= 0.6 is 11.8 Å². The van der Waals surface area contributed by atoms with Crippen molar-refractivity contribution in [2.24, 2.45) is 23.7 Å². The van der Waals surface area contributed by atoms with Gasteiger partial charge in [-0.3, -0.25) is 5.10 Å². The van der Waals surface area contributed by atoms with Crippen LogP contribution in [0.5, 0.6) is 0 Å². The Morgan fingerprint density at radius 2 is 1.88 bits per heavy atom. The van der Waals surface area contributed by atoms with E-state index in [-0.39, 0.29) is 33.2 Å². The molecule has 0 amide bonds. The molecule has 0 saturated heterocycles. The molecule has 2 bridgehead atoms. The van der Waals surface area contributed by atoms with Gasteiger partial charge in [-0.25, -0.2) is 23.7 Å². The molecule has 180 valence electrons. The molecular formula is C25H29F2N5OS. The first-order chi connectivity index (χ1) is 16.1. The number of halogens is 2. The number of aromatic nitrogens is 5. The highest BCUT2D eigenvalue weighted by molar-refractivity contribution is 8.00. The Balaban J connectivity index is 1.61. The number of fused-ring (bicyclic) bond motifs is 4. The van der Waals surface area contributed by atoms with Crippen molar-refractivity contribution in [1.29, 1.82) is 0 Å². The van der Waals surface area contributed by atoms with E-state index in [1.807, 2.05) is 20.8 Å². The fourth-order valence-electron chi connectivity index (χ4n) is 5.73. The molecule has 3 aromatic heterocycles. The molecule has 3 heterocycles. The molecule has 9 heteroatoms. The molecule has 6 rings (SSSR count). The maximum Gasteiger partial charge on any atom is 0.181 e. The van der Waals surface area contributed by atoms with Crippen molar-refractivity contribution in [3.05, 3.63) is 41.9 Å². The Labute approximate surface area is 201 Å². The summed E-state index contributed by atoms with van der Waals surface area (Å²) < 4.78 is 29.4. The first-order valence-corrected chi connectivity index (χ1v) is 12.6. The van der Waals surface area contributed by atoms with Crippen LogP contribution in [0.4, 0.5) is 8.78 Å². The average molecular weight is 486 g/mol. The molecule has 3 aromatic rings. The van der Waals surface area contributed by atoms with E-state index < -0.39 is 11.6 Å². The van der Waals surface area contributed by atoms with Gasteiger partial charge in [0.1, 0.15) is 16.5 Å². The number of aliphatic hydroxyl groups is 1. The van der Waals surface area contributed by atoms with Crippen molar-refractivity contribution in [3.8, 4) is 11.5 Å². The lowest BCUT2D eigenvalue weighted by atomic mass is 9.57. The molecular weight excluding hydrogens is 456 g/mol. The molecule has 3 fully saturated rings. The Kier molecular flexibility index (Phi) is 5.86. The zero-order valence-corrected chi connectivity index (χ0v) is 20.4. The maximum absolute atomic E-state index is 15.8. The lowest BCUT2D eigenvalue weighted by Crippen LogP contribution is -2.42. The van der Waals surface area contributed by atoms with Gasteiger partial charge in [-0.15, -0.1) is 0 Å². The first-order valence-electron chi connectivity index (χ1n) is 11.7. The normalized spacial score (nSPS) is 24.6. The Morgan fingerprint density at radius 3 is 2.56 bits per heavy atom. The summed E-state index contributed by atoms with van der Waals surface area (Å²) in [5.74, 6) is 0.345. The summed E-state index contributed by atoms with van der Waals surface area (Å²) in [5.41, 5.74) is 1.07. The van der Waals surface area contributed by atoms with Crippen molar-refractivity contribution in [2.45, 2.75) is 62.6 Å². The zero-order valence-electron chi connectivity index (χ0n) is 19.6. The zero-order chi connectivity index (χ0) is 24.2. The van der Waals surface area contributed by atoms with Crippen molar-refractivity contribution in [3.63, 3.8) is 0 Å². The average Bonchev–Trinajstić information content (AvgIpc) is 3.19. The van der Waals surface area contributed by atoms with Crippen LogP contribution in [0.15, 0.2) is 29.6 Å². The van der Waals surface area contributed by atoms with E-state index in [4.69, 9.17) is 0 Å². The predicted octanol–water partition coefficient (Wildman–Crippen LogP) is 6.25. The fraction of sp³-hybridized carbons (Fsp3) is 0.520. The van der Waals surface area contributed by atoms with E-state index >= 15 is 4.39 Å². The molecule has 3 saturated carbocycles. The summed E-state index contributed by atoms with van der Waals surface area (Å²) in [6, 6.07) is 1.33. The number of nitrogens with zero attached hydrogens (tertiary/aromatic N) is 4. The standard InChI is InChI=1S/C25H29F2N5OS/c1-12(33)19-14-7-5-13(6-8-14)16(19)10-18-20(27)24(34-25(2,3)4)30-23(29-18)21-17-9-15(26)11-28-22(17)32-31-21/h9,11,13-14,16,19,33H,1,5-8,10H2,2-4H3,(H,28,31,32)/t13?,14?,16-,19-/m0/s1. The van der Waals surface area contributed by atoms with Gasteiger partial charge in [-0.05, 0) is 55.9 Å². The van der Waals surface area contributed by atoms with Gasteiger partial charge < -0.3 is 5.11 Å². The van der Waals surface area contributed by atoms with Crippen molar-refractivity contribution >= 4 is 22.8 Å². The third kappa shape index (κ3) is 4.30. The van der Waals surface area contributed by atoms with Gasteiger partial charge in [0.15, 0.2) is 17.3 Å². The molecule has 0 spiro atoms. The minimum atomic E-state index is -0.496. The van der Waals surface area contributed by atoms with E-state index in [2.05, 4.69) is 31.7 Å². The summed E-state index contributed by atoms with van der Waals surface area (Å²) in [6.07, 6.45) is 5.81. The van der Waals surface area contributed by atoms with Gasteiger partial charge in [0.25, 0.3) is 0 Å². The highest BCUT2D eigenvalue weighted by Crippen LogP contribution is 2.52. The third-order valence-electron chi connectivity index (χ3n) is 7.10. The number of rotatable bonds is 5. The molecule has 34 heavy (non-hydrogen) atoms. The van der Waals surface area contributed by atoms with Gasteiger partial charge in [-0.1, -0.05) is 39.1 Å². The van der Waals surface area contributed by atoms with Gasteiger partial charge in [0, 0.05) is 10.7 Å². The highest BCUT2D eigenvalue weighted by Gasteiger charge is 2.45. The summed E-state index contributed by atoms with van der Waals surface area (Å²) >= 11 is 1.33. The first kappa shape index (κ1) is 23.2. The van der Waals surface area contributed by atoms with Crippen LogP contribution in [-0.2, 0) is 6.42 Å². The van der Waals surface area contributed by atoms with Crippen LogP contribution in [-0.4, -0.2) is 35.0 Å². The van der Waals surface area contributed by atoms with Gasteiger partial charge in [0.05, 0.1) is 23.0 Å². The van der Waals surface area contributed by atoms with Crippen LogP contribution in [0.1, 0.15) is 52.1 Å². The third-order valence-corrected chi connectivity index (χ3v) is 8.17. The molecule has 2 N–H and O–H groups in total. The Bertz CT molecular complexity index is 1250. The summed E-state index contributed by atoms with van der Waals surface area (Å²) in [6.45, 7) is 9.83. The largest absolute Gasteiger partial charge is 0.513 e. The molecule has 0 aliphatic heterocycles. The van der Waals surface area contributed by atoms with Crippen molar-refractivity contribution < 1.29 is 13.9 Å². The number of pyridine rings is 1. The maximum atomic E-state index is 15.8. The fourth-order valence-corrected chi connectivity index (χ4v) is 6.65. The molecule has 2 atom stereocenters. The van der Waals surface area contributed by atoms with Crippen LogP contribution in [0, 0.1) is 35.3 Å². The highest BCUT2D eigenvalue weighted by atomic mass is 32.2.